The number of nitrogens with one attached hydrogen (secondary N) is 1. The Morgan fingerprint density at radius 2 is 1.96 bits per heavy atom. The lowest BCUT2D eigenvalue weighted by Gasteiger charge is -2.18. The van der Waals surface area contributed by atoms with Crippen molar-refractivity contribution in [2.45, 2.75) is 12.0 Å². The lowest BCUT2D eigenvalue weighted by molar-refractivity contribution is 0.178. The fourth-order valence-corrected chi connectivity index (χ4v) is 3.30. The minimum Gasteiger partial charge on any atom is -0.391 e. The summed E-state index contributed by atoms with van der Waals surface area (Å²) in [5.41, 5.74) is 4.35. The molecule has 3 aromatic rings. The normalized spacial score (nSPS) is 20.1. The second-order valence-electron chi connectivity index (χ2n) is 6.37. The number of hydrogen-bond donors (Lipinski definition) is 2. The Morgan fingerprint density at radius 3 is 2.60 bits per heavy atom. The summed E-state index contributed by atoms with van der Waals surface area (Å²) in [7, 11) is 1.87. The summed E-state index contributed by atoms with van der Waals surface area (Å²) >= 11 is 0. The van der Waals surface area contributed by atoms with Crippen LogP contribution in [-0.4, -0.2) is 39.1 Å². The number of aryl methyl sites for hydroxylation is 1. The SMILES string of the molecule is Cn1ccc(-c2cc(-c3ccc(F)cc3)ncc2[C@@H]2CNC[C@H]2O)n1. The molecule has 2 N–H and O–H groups in total. The number of aliphatic hydroxyl groups excluding tert-OH is 1. The third-order valence-electron chi connectivity index (χ3n) is 4.65. The van der Waals surface area contributed by atoms with Gasteiger partial charge in [-0.3, -0.25) is 9.67 Å². The Morgan fingerprint density at radius 1 is 1.16 bits per heavy atom. The Hall–Kier alpha value is -2.57. The number of aromatic nitrogens is 3. The summed E-state index contributed by atoms with van der Waals surface area (Å²) in [6.07, 6.45) is 3.25. The second kappa shape index (κ2) is 6.38. The van der Waals surface area contributed by atoms with Crippen LogP contribution >= 0.6 is 0 Å². The molecule has 25 heavy (non-hydrogen) atoms. The van der Waals surface area contributed by atoms with Gasteiger partial charge in [-0.25, -0.2) is 4.39 Å². The number of benzene rings is 1. The van der Waals surface area contributed by atoms with Gasteiger partial charge in [-0.2, -0.15) is 5.10 Å². The molecule has 0 unspecified atom stereocenters. The molecular formula is C19H19FN4O. The van der Waals surface area contributed by atoms with Crippen LogP contribution in [0.5, 0.6) is 0 Å². The Balaban J connectivity index is 1.83. The van der Waals surface area contributed by atoms with Crippen molar-refractivity contribution < 1.29 is 9.50 Å². The van der Waals surface area contributed by atoms with Crippen molar-refractivity contribution in [2.24, 2.45) is 7.05 Å². The molecule has 0 aliphatic carbocycles. The van der Waals surface area contributed by atoms with Gasteiger partial charge in [0.1, 0.15) is 5.82 Å². The van der Waals surface area contributed by atoms with Gasteiger partial charge < -0.3 is 10.4 Å². The standard InChI is InChI=1S/C19H19FN4O/c1-24-7-6-17(23-24)14-8-18(12-2-4-13(20)5-3-12)22-10-15(14)16-9-21-11-19(16)25/h2-8,10,16,19,21,25H,9,11H2,1H3/t16-,19+/m0/s1. The zero-order valence-corrected chi connectivity index (χ0v) is 13.9. The van der Waals surface area contributed by atoms with Crippen LogP contribution in [0.2, 0.25) is 0 Å². The van der Waals surface area contributed by atoms with E-state index in [2.05, 4.69) is 15.4 Å². The van der Waals surface area contributed by atoms with Crippen LogP contribution in [0.15, 0.2) is 48.8 Å². The van der Waals surface area contributed by atoms with E-state index in [4.69, 9.17) is 0 Å². The fourth-order valence-electron chi connectivity index (χ4n) is 3.30. The summed E-state index contributed by atoms with van der Waals surface area (Å²) in [5.74, 6) is -0.294. The number of rotatable bonds is 3. The maximum absolute atomic E-state index is 13.2. The molecule has 1 fully saturated rings. The third-order valence-corrected chi connectivity index (χ3v) is 4.65. The third kappa shape index (κ3) is 3.06. The van der Waals surface area contributed by atoms with E-state index in [-0.39, 0.29) is 11.7 Å². The zero-order valence-electron chi connectivity index (χ0n) is 13.9. The minimum absolute atomic E-state index is 0.0215. The molecule has 2 aromatic heterocycles. The molecule has 128 valence electrons. The van der Waals surface area contributed by atoms with Crippen molar-refractivity contribution in [3.05, 3.63) is 60.2 Å². The predicted octanol–water partition coefficient (Wildman–Crippen LogP) is 2.34. The van der Waals surface area contributed by atoms with Gasteiger partial charge in [0.25, 0.3) is 0 Å². The summed E-state index contributed by atoms with van der Waals surface area (Å²) in [5, 5.41) is 18.0. The van der Waals surface area contributed by atoms with Crippen LogP contribution in [-0.2, 0) is 7.05 Å². The first-order valence-corrected chi connectivity index (χ1v) is 8.26. The first kappa shape index (κ1) is 15.9. The number of aliphatic hydroxyl groups is 1. The molecule has 1 aliphatic rings. The molecule has 0 amide bonds. The van der Waals surface area contributed by atoms with Crippen LogP contribution in [0, 0.1) is 5.82 Å². The molecule has 0 spiro atoms. The van der Waals surface area contributed by atoms with Gasteiger partial charge in [0.05, 0.1) is 17.5 Å². The summed E-state index contributed by atoms with van der Waals surface area (Å²) < 4.78 is 14.9. The average Bonchev–Trinajstić information content (AvgIpc) is 3.23. The van der Waals surface area contributed by atoms with E-state index in [1.165, 1.54) is 12.1 Å². The predicted molar refractivity (Wildman–Crippen MR) is 93.5 cm³/mol. The molecule has 3 heterocycles. The molecule has 2 atom stereocenters. The van der Waals surface area contributed by atoms with Gasteiger partial charge >= 0.3 is 0 Å². The highest BCUT2D eigenvalue weighted by atomic mass is 19.1. The average molecular weight is 338 g/mol. The Labute approximate surface area is 145 Å². The van der Waals surface area contributed by atoms with Crippen LogP contribution in [0.1, 0.15) is 11.5 Å². The van der Waals surface area contributed by atoms with E-state index in [1.54, 1.807) is 16.8 Å². The van der Waals surface area contributed by atoms with E-state index in [9.17, 15) is 9.50 Å². The van der Waals surface area contributed by atoms with Gasteiger partial charge in [0, 0.05) is 49.6 Å². The van der Waals surface area contributed by atoms with Crippen LogP contribution < -0.4 is 5.32 Å². The maximum atomic E-state index is 13.2. The van der Waals surface area contributed by atoms with Gasteiger partial charge in [-0.05, 0) is 42.0 Å². The Kier molecular flexibility index (Phi) is 4.07. The van der Waals surface area contributed by atoms with E-state index in [0.29, 0.717) is 13.1 Å². The molecule has 1 aliphatic heterocycles. The maximum Gasteiger partial charge on any atom is 0.123 e. The van der Waals surface area contributed by atoms with Crippen LogP contribution in [0.4, 0.5) is 4.39 Å². The Bertz CT molecular complexity index is 891. The molecule has 1 aromatic carbocycles. The van der Waals surface area contributed by atoms with Crippen molar-refractivity contribution in [2.75, 3.05) is 13.1 Å². The fraction of sp³-hybridized carbons (Fsp3) is 0.263. The smallest absolute Gasteiger partial charge is 0.123 e. The van der Waals surface area contributed by atoms with Gasteiger partial charge in [-0.15, -0.1) is 0 Å². The quantitative estimate of drug-likeness (QED) is 0.769. The van der Waals surface area contributed by atoms with Crippen molar-refractivity contribution in [1.82, 2.24) is 20.1 Å². The first-order chi connectivity index (χ1) is 12.1. The second-order valence-corrected chi connectivity index (χ2v) is 6.37. The van der Waals surface area contributed by atoms with Crippen molar-refractivity contribution in [3.8, 4) is 22.5 Å². The number of β-amino-alcohol motifs (C(OH)–C–C–N with tert-alkyl or cyclic N) is 1. The topological polar surface area (TPSA) is 63.0 Å². The number of hydrogen-bond acceptors (Lipinski definition) is 4. The summed E-state index contributed by atoms with van der Waals surface area (Å²) in [4.78, 5) is 4.55. The molecule has 1 saturated heterocycles. The monoisotopic (exact) mass is 338 g/mol. The highest BCUT2D eigenvalue weighted by Gasteiger charge is 2.29. The van der Waals surface area contributed by atoms with E-state index in [0.717, 1.165) is 28.1 Å². The number of nitrogens with zero attached hydrogens (tertiary/aromatic N) is 3. The van der Waals surface area contributed by atoms with E-state index < -0.39 is 6.10 Å². The number of pyridine rings is 1. The summed E-state index contributed by atoms with van der Waals surface area (Å²) in [6.45, 7) is 1.28. The molecule has 0 radical (unpaired) electrons. The first-order valence-electron chi connectivity index (χ1n) is 8.26. The number of halogens is 1. The highest BCUT2D eigenvalue weighted by molar-refractivity contribution is 5.71. The zero-order chi connectivity index (χ0) is 17.4. The molecule has 6 heteroatoms. The van der Waals surface area contributed by atoms with Crippen molar-refractivity contribution >= 4 is 0 Å². The lowest BCUT2D eigenvalue weighted by atomic mass is 9.91. The minimum atomic E-state index is -0.444. The molecular weight excluding hydrogens is 319 g/mol. The van der Waals surface area contributed by atoms with Gasteiger partial charge in [0.2, 0.25) is 0 Å². The molecule has 5 nitrogen and oxygen atoms in total. The van der Waals surface area contributed by atoms with Crippen LogP contribution in [0.3, 0.4) is 0 Å². The van der Waals surface area contributed by atoms with Gasteiger partial charge in [-0.1, -0.05) is 0 Å². The van der Waals surface area contributed by atoms with E-state index in [1.807, 2.05) is 31.6 Å². The highest BCUT2D eigenvalue weighted by Crippen LogP contribution is 2.34. The van der Waals surface area contributed by atoms with Gasteiger partial charge in [0.15, 0.2) is 0 Å². The lowest BCUT2D eigenvalue weighted by Crippen LogP contribution is -2.17. The summed E-state index contributed by atoms with van der Waals surface area (Å²) in [6, 6.07) is 10.2. The molecule has 4 rings (SSSR count). The molecule has 0 saturated carbocycles. The van der Waals surface area contributed by atoms with Crippen LogP contribution in [0.25, 0.3) is 22.5 Å². The molecule has 0 bridgehead atoms. The largest absolute Gasteiger partial charge is 0.391 e. The van der Waals surface area contributed by atoms with Crippen molar-refractivity contribution in [3.63, 3.8) is 0 Å². The van der Waals surface area contributed by atoms with E-state index >= 15 is 0 Å². The van der Waals surface area contributed by atoms with Crippen molar-refractivity contribution in [1.29, 1.82) is 0 Å².